The Hall–Kier alpha value is -2.77. The maximum Gasteiger partial charge on any atom is 0.244 e. The number of nitrogens with zero attached hydrogens (tertiary/aromatic N) is 2. The van der Waals surface area contributed by atoms with E-state index in [2.05, 4.69) is 17.6 Å². The lowest BCUT2D eigenvalue weighted by atomic mass is 10.0. The number of nitrogens with one attached hydrogen (secondary N) is 2. The highest BCUT2D eigenvalue weighted by Gasteiger charge is 2.35. The van der Waals surface area contributed by atoms with Gasteiger partial charge in [-0.25, -0.2) is 8.42 Å². The van der Waals surface area contributed by atoms with Crippen LogP contribution in [0, 0.1) is 24.2 Å². The van der Waals surface area contributed by atoms with Crippen LogP contribution in [-0.2, 0) is 24.4 Å². The molecular weight excluding hydrogens is 420 g/mol. The van der Waals surface area contributed by atoms with Gasteiger partial charge >= 0.3 is 0 Å². The molecule has 1 aromatic carbocycles. The third-order valence-corrected chi connectivity index (χ3v) is 6.83. The van der Waals surface area contributed by atoms with Crippen LogP contribution >= 0.6 is 0 Å². The van der Waals surface area contributed by atoms with E-state index in [-0.39, 0.29) is 29.3 Å². The number of nitriles is 1. The summed E-state index contributed by atoms with van der Waals surface area (Å²) in [6, 6.07) is 5.98. The van der Waals surface area contributed by atoms with Gasteiger partial charge in [-0.1, -0.05) is 26.0 Å². The molecule has 0 aliphatic carbocycles. The summed E-state index contributed by atoms with van der Waals surface area (Å²) in [5, 5.41) is 14.4. The SMILES string of the molecule is [CH2]C(=O)N[C@@H](CC(C)C)C(=O)NC1CCCN(S(=O)(=O)c2ccccc2C#N)CC1=O. The molecule has 167 valence electrons. The van der Waals surface area contributed by atoms with Gasteiger partial charge in [0.1, 0.15) is 12.1 Å². The van der Waals surface area contributed by atoms with Gasteiger partial charge in [0.25, 0.3) is 0 Å². The fourth-order valence-electron chi connectivity index (χ4n) is 3.45. The standard InChI is InChI=1S/C21H27N4O5S/c1-14(2)11-18(23-15(3)26)21(28)24-17-8-6-10-25(13-19(17)27)31(29,30)20-9-5-4-7-16(20)12-22/h4-5,7,9,14,17-18H,3,6,8,10-11,13H2,1-2H3,(H,23,26)(H,24,28)/t17?,18-/m0/s1. The van der Waals surface area contributed by atoms with Crippen molar-refractivity contribution in [2.24, 2.45) is 5.92 Å². The van der Waals surface area contributed by atoms with Crippen molar-refractivity contribution in [3.8, 4) is 6.07 Å². The second-order valence-electron chi connectivity index (χ2n) is 7.87. The number of benzene rings is 1. The fourth-order valence-corrected chi connectivity index (χ4v) is 5.03. The summed E-state index contributed by atoms with van der Waals surface area (Å²) in [6.07, 6.45) is 0.990. The monoisotopic (exact) mass is 447 g/mol. The van der Waals surface area contributed by atoms with Gasteiger partial charge in [0.15, 0.2) is 5.78 Å². The van der Waals surface area contributed by atoms with Crippen LogP contribution in [0.1, 0.15) is 38.7 Å². The molecule has 0 spiro atoms. The predicted octanol–water partition coefficient (Wildman–Crippen LogP) is 0.762. The van der Waals surface area contributed by atoms with Gasteiger partial charge in [0, 0.05) is 13.5 Å². The van der Waals surface area contributed by atoms with Gasteiger partial charge in [-0.15, -0.1) is 0 Å². The summed E-state index contributed by atoms with van der Waals surface area (Å²) in [5.74, 6) is -1.43. The van der Waals surface area contributed by atoms with Crippen LogP contribution in [0.2, 0.25) is 0 Å². The topological polar surface area (TPSA) is 136 Å². The number of amides is 2. The van der Waals surface area contributed by atoms with Gasteiger partial charge in [-0.2, -0.15) is 9.57 Å². The van der Waals surface area contributed by atoms with Crippen molar-refractivity contribution in [3.63, 3.8) is 0 Å². The zero-order valence-electron chi connectivity index (χ0n) is 17.6. The first kappa shape index (κ1) is 24.5. The molecule has 2 amide bonds. The Kier molecular flexibility index (Phi) is 8.30. The summed E-state index contributed by atoms with van der Waals surface area (Å²) in [7, 11) is -4.05. The smallest absolute Gasteiger partial charge is 0.244 e. The highest BCUT2D eigenvalue weighted by Crippen LogP contribution is 2.22. The third kappa shape index (κ3) is 6.35. The van der Waals surface area contributed by atoms with Gasteiger partial charge in [0.2, 0.25) is 21.8 Å². The lowest BCUT2D eigenvalue weighted by molar-refractivity contribution is -0.130. The number of hydrogen-bond donors (Lipinski definition) is 2. The largest absolute Gasteiger partial charge is 0.344 e. The van der Waals surface area contributed by atoms with Gasteiger partial charge in [-0.3, -0.25) is 14.4 Å². The summed E-state index contributed by atoms with van der Waals surface area (Å²) in [4.78, 5) is 36.6. The van der Waals surface area contributed by atoms with Crippen molar-refractivity contribution >= 4 is 27.6 Å². The molecule has 2 atom stereocenters. The molecule has 1 radical (unpaired) electrons. The van der Waals surface area contributed by atoms with Gasteiger partial charge in [0.05, 0.1) is 23.0 Å². The Labute approximate surface area is 182 Å². The maximum atomic E-state index is 13.0. The number of carbonyl (C=O) groups excluding carboxylic acids is 3. The quantitative estimate of drug-likeness (QED) is 0.633. The Morgan fingerprint density at radius 1 is 1.32 bits per heavy atom. The first-order chi connectivity index (χ1) is 14.6. The molecule has 10 heteroatoms. The molecule has 9 nitrogen and oxygen atoms in total. The number of rotatable bonds is 7. The number of hydrogen-bond acceptors (Lipinski definition) is 6. The van der Waals surface area contributed by atoms with Gasteiger partial charge in [-0.05, 0) is 37.3 Å². The lowest BCUT2D eigenvalue weighted by Crippen LogP contribution is -2.52. The average Bonchev–Trinajstić information content (AvgIpc) is 2.88. The fraction of sp³-hybridized carbons (Fsp3) is 0.476. The van der Waals surface area contributed by atoms with E-state index in [0.29, 0.717) is 12.8 Å². The van der Waals surface area contributed by atoms with E-state index in [1.165, 1.54) is 18.2 Å². The average molecular weight is 448 g/mol. The van der Waals surface area contributed by atoms with Crippen LogP contribution in [0.3, 0.4) is 0 Å². The highest BCUT2D eigenvalue weighted by atomic mass is 32.2. The molecular formula is C21H27N4O5S. The molecule has 1 saturated heterocycles. The number of ketones is 1. The molecule has 0 bridgehead atoms. The van der Waals surface area contributed by atoms with Crippen LogP contribution < -0.4 is 10.6 Å². The summed E-state index contributed by atoms with van der Waals surface area (Å²) >= 11 is 0. The third-order valence-electron chi connectivity index (χ3n) is 4.92. The van der Waals surface area contributed by atoms with Crippen LogP contribution in [0.5, 0.6) is 0 Å². The molecule has 1 fully saturated rings. The van der Waals surface area contributed by atoms with E-state index in [9.17, 15) is 28.1 Å². The molecule has 1 aliphatic rings. The highest BCUT2D eigenvalue weighted by molar-refractivity contribution is 7.89. The maximum absolute atomic E-state index is 13.0. The summed E-state index contributed by atoms with van der Waals surface area (Å²) < 4.78 is 27.1. The van der Waals surface area contributed by atoms with E-state index in [1.807, 2.05) is 19.9 Å². The summed E-state index contributed by atoms with van der Waals surface area (Å²) in [5.41, 5.74) is 0.00416. The zero-order valence-corrected chi connectivity index (χ0v) is 18.4. The molecule has 1 aromatic rings. The van der Waals surface area contributed by atoms with E-state index in [0.717, 1.165) is 4.31 Å². The Morgan fingerprint density at radius 3 is 2.61 bits per heavy atom. The normalized spacial score (nSPS) is 18.7. The first-order valence-corrected chi connectivity index (χ1v) is 11.4. The van der Waals surface area contributed by atoms with Crippen molar-refractivity contribution in [1.82, 2.24) is 14.9 Å². The van der Waals surface area contributed by atoms with E-state index < -0.39 is 46.2 Å². The minimum atomic E-state index is -4.05. The molecule has 1 unspecified atom stereocenters. The Bertz CT molecular complexity index is 984. The van der Waals surface area contributed by atoms with Crippen molar-refractivity contribution in [1.29, 1.82) is 5.26 Å². The Balaban J connectivity index is 2.16. The van der Waals surface area contributed by atoms with Crippen LogP contribution in [0.15, 0.2) is 29.2 Å². The molecule has 2 rings (SSSR count). The minimum absolute atomic E-state index is 0.00416. The number of sulfonamides is 1. The second kappa shape index (κ2) is 10.5. The molecule has 1 heterocycles. The van der Waals surface area contributed by atoms with Gasteiger partial charge < -0.3 is 10.6 Å². The summed E-state index contributed by atoms with van der Waals surface area (Å²) in [6.45, 7) is 6.70. The number of carbonyl (C=O) groups is 3. The number of Topliss-reactive ketones (excluding diaryl/α,β-unsaturated/α-hetero) is 1. The van der Waals surface area contributed by atoms with E-state index >= 15 is 0 Å². The van der Waals surface area contributed by atoms with E-state index in [1.54, 1.807) is 6.07 Å². The Morgan fingerprint density at radius 2 is 2.00 bits per heavy atom. The molecule has 0 aromatic heterocycles. The zero-order chi connectivity index (χ0) is 23.2. The van der Waals surface area contributed by atoms with Crippen LogP contribution in [0.25, 0.3) is 0 Å². The van der Waals surface area contributed by atoms with Crippen molar-refractivity contribution in [3.05, 3.63) is 36.8 Å². The predicted molar refractivity (Wildman–Crippen MR) is 113 cm³/mol. The molecule has 2 N–H and O–H groups in total. The lowest BCUT2D eigenvalue weighted by Gasteiger charge is -2.23. The van der Waals surface area contributed by atoms with E-state index in [4.69, 9.17) is 0 Å². The second-order valence-corrected chi connectivity index (χ2v) is 9.77. The molecule has 31 heavy (non-hydrogen) atoms. The van der Waals surface area contributed by atoms with Crippen LogP contribution in [-0.4, -0.2) is 55.5 Å². The van der Waals surface area contributed by atoms with Crippen molar-refractivity contribution in [2.45, 2.75) is 50.1 Å². The minimum Gasteiger partial charge on any atom is -0.344 e. The van der Waals surface area contributed by atoms with Crippen LogP contribution in [0.4, 0.5) is 0 Å². The molecule has 0 saturated carbocycles. The first-order valence-electron chi connectivity index (χ1n) is 10.0. The molecule has 1 aliphatic heterocycles. The van der Waals surface area contributed by atoms with Crippen molar-refractivity contribution < 1.29 is 22.8 Å². The van der Waals surface area contributed by atoms with Crippen molar-refractivity contribution in [2.75, 3.05) is 13.1 Å².